The number of amides is 1. The number of halogens is 1. The summed E-state index contributed by atoms with van der Waals surface area (Å²) in [7, 11) is 0. The second-order valence-electron chi connectivity index (χ2n) is 8.72. The minimum absolute atomic E-state index is 0.156. The minimum atomic E-state index is -0.215. The van der Waals surface area contributed by atoms with Crippen molar-refractivity contribution in [2.75, 3.05) is 19.6 Å². The molecule has 29 heavy (non-hydrogen) atoms. The van der Waals surface area contributed by atoms with Gasteiger partial charge in [-0.05, 0) is 48.6 Å². The molecule has 0 aliphatic carbocycles. The fourth-order valence-electron chi connectivity index (χ4n) is 4.62. The Hall–Kier alpha value is -2.11. The highest BCUT2D eigenvalue weighted by molar-refractivity contribution is 6.31. The Morgan fingerprint density at radius 2 is 2.03 bits per heavy atom. The zero-order valence-electron chi connectivity index (χ0n) is 17.0. The Labute approximate surface area is 176 Å². The summed E-state index contributed by atoms with van der Waals surface area (Å²) in [5, 5.41) is 4.09. The summed E-state index contributed by atoms with van der Waals surface area (Å²) in [5.74, 6) is 0.883. The van der Waals surface area contributed by atoms with E-state index in [0.29, 0.717) is 36.5 Å². The van der Waals surface area contributed by atoms with E-state index in [2.05, 4.69) is 19.2 Å². The summed E-state index contributed by atoms with van der Waals surface area (Å²) in [6, 6.07) is 11.3. The third-order valence-electron chi connectivity index (χ3n) is 5.93. The predicted octanol–water partition coefficient (Wildman–Crippen LogP) is 3.51. The fraction of sp³-hybridized carbons (Fsp3) is 0.478. The molecule has 1 fully saturated rings. The smallest absolute Gasteiger partial charge is 0.263 e. The largest absolute Gasteiger partial charge is 0.334 e. The number of pyridine rings is 1. The Balaban J connectivity index is 1.67. The number of hydrogen-bond donors (Lipinski definition) is 1. The van der Waals surface area contributed by atoms with Crippen molar-refractivity contribution in [1.82, 2.24) is 14.8 Å². The number of carbonyl (C=O) groups excluding carboxylic acids is 1. The molecule has 0 unspecified atom stereocenters. The lowest BCUT2D eigenvalue weighted by Gasteiger charge is -2.37. The van der Waals surface area contributed by atoms with Gasteiger partial charge in [-0.15, -0.1) is 0 Å². The topological polar surface area (TPSA) is 54.3 Å². The van der Waals surface area contributed by atoms with Crippen LogP contribution in [0.25, 0.3) is 0 Å². The fourth-order valence-corrected chi connectivity index (χ4v) is 4.81. The van der Waals surface area contributed by atoms with E-state index in [1.54, 1.807) is 11.0 Å². The van der Waals surface area contributed by atoms with Gasteiger partial charge in [-0.1, -0.05) is 43.6 Å². The van der Waals surface area contributed by atoms with Gasteiger partial charge in [-0.2, -0.15) is 0 Å². The minimum Gasteiger partial charge on any atom is -0.334 e. The molecular weight excluding hydrogens is 386 g/mol. The molecule has 1 aromatic carbocycles. The lowest BCUT2D eigenvalue weighted by Crippen LogP contribution is -2.46. The number of hydrogen-bond acceptors (Lipinski definition) is 3. The lowest BCUT2D eigenvalue weighted by atomic mass is 9.84. The van der Waals surface area contributed by atoms with Gasteiger partial charge >= 0.3 is 0 Å². The summed E-state index contributed by atoms with van der Waals surface area (Å²) < 4.78 is 1.84. The second-order valence-corrected chi connectivity index (χ2v) is 9.12. The van der Waals surface area contributed by atoms with Gasteiger partial charge in [0.05, 0.1) is 0 Å². The predicted molar refractivity (Wildman–Crippen MR) is 115 cm³/mol. The molecule has 0 spiro atoms. The normalized spacial score (nSPS) is 20.4. The van der Waals surface area contributed by atoms with Crippen LogP contribution in [0, 0.1) is 11.8 Å². The molecule has 154 valence electrons. The van der Waals surface area contributed by atoms with E-state index in [1.165, 1.54) is 0 Å². The van der Waals surface area contributed by atoms with E-state index in [9.17, 15) is 9.59 Å². The highest BCUT2D eigenvalue weighted by Gasteiger charge is 2.32. The molecule has 2 atom stereocenters. The van der Waals surface area contributed by atoms with Crippen LogP contribution in [-0.2, 0) is 13.1 Å². The van der Waals surface area contributed by atoms with Crippen molar-refractivity contribution in [3.63, 3.8) is 0 Å². The molecule has 4 rings (SSSR count). The van der Waals surface area contributed by atoms with Crippen molar-refractivity contribution >= 4 is 17.5 Å². The third-order valence-corrected chi connectivity index (χ3v) is 6.30. The first-order chi connectivity index (χ1) is 13.9. The number of piperidine rings is 1. The molecule has 2 aromatic rings. The summed E-state index contributed by atoms with van der Waals surface area (Å²) in [6.45, 7) is 7.63. The summed E-state index contributed by atoms with van der Waals surface area (Å²) >= 11 is 6.33. The van der Waals surface area contributed by atoms with Gasteiger partial charge in [-0.3, -0.25) is 9.59 Å². The molecule has 6 heteroatoms. The van der Waals surface area contributed by atoms with Crippen molar-refractivity contribution in [1.29, 1.82) is 0 Å². The van der Waals surface area contributed by atoms with E-state index in [4.69, 9.17) is 11.6 Å². The molecular formula is C23H28ClN3O2. The average molecular weight is 414 g/mol. The highest BCUT2D eigenvalue weighted by atomic mass is 35.5. The van der Waals surface area contributed by atoms with Gasteiger partial charge in [0, 0.05) is 42.8 Å². The van der Waals surface area contributed by atoms with E-state index < -0.39 is 0 Å². The van der Waals surface area contributed by atoms with E-state index in [0.717, 1.165) is 30.8 Å². The molecule has 1 amide bonds. The van der Waals surface area contributed by atoms with Crippen LogP contribution in [-0.4, -0.2) is 35.0 Å². The van der Waals surface area contributed by atoms with Gasteiger partial charge in [0.2, 0.25) is 0 Å². The van der Waals surface area contributed by atoms with Crippen molar-refractivity contribution in [2.24, 2.45) is 11.8 Å². The molecule has 3 heterocycles. The van der Waals surface area contributed by atoms with Crippen LogP contribution >= 0.6 is 11.6 Å². The first kappa shape index (κ1) is 20.2. The monoisotopic (exact) mass is 413 g/mol. The van der Waals surface area contributed by atoms with Crippen LogP contribution in [0.3, 0.4) is 0 Å². The maximum Gasteiger partial charge on any atom is 0.263 e. The number of rotatable bonds is 5. The van der Waals surface area contributed by atoms with Gasteiger partial charge in [0.1, 0.15) is 5.56 Å². The number of fused-ring (bicyclic) bond motifs is 4. The second kappa shape index (κ2) is 8.33. The van der Waals surface area contributed by atoms with Gasteiger partial charge < -0.3 is 14.8 Å². The van der Waals surface area contributed by atoms with Crippen LogP contribution < -0.4 is 10.9 Å². The van der Waals surface area contributed by atoms with Gasteiger partial charge in [-0.25, -0.2) is 0 Å². The summed E-state index contributed by atoms with van der Waals surface area (Å²) in [5.41, 5.74) is 2.05. The van der Waals surface area contributed by atoms with Crippen LogP contribution in [0.2, 0.25) is 5.02 Å². The molecule has 0 radical (unpaired) electrons. The summed E-state index contributed by atoms with van der Waals surface area (Å²) in [6.07, 6.45) is 1.12. The molecule has 2 bridgehead atoms. The first-order valence-corrected chi connectivity index (χ1v) is 10.8. The SMILES string of the molecule is CC(C)CN(Cc1ccccc1Cl)C(=O)c1ccc2n(c1=O)C[C@@H]1CNC[C@H]2C1. The highest BCUT2D eigenvalue weighted by Crippen LogP contribution is 2.31. The lowest BCUT2D eigenvalue weighted by molar-refractivity contribution is 0.0719. The molecule has 1 saturated heterocycles. The van der Waals surface area contributed by atoms with Crippen molar-refractivity contribution in [3.05, 3.63) is 68.6 Å². The van der Waals surface area contributed by atoms with Crippen LogP contribution in [0.4, 0.5) is 0 Å². The molecule has 0 saturated carbocycles. The third kappa shape index (κ3) is 4.12. The molecule has 5 nitrogen and oxygen atoms in total. The average Bonchev–Trinajstić information content (AvgIpc) is 2.69. The van der Waals surface area contributed by atoms with E-state index in [-0.39, 0.29) is 22.9 Å². The van der Waals surface area contributed by atoms with Crippen LogP contribution in [0.5, 0.6) is 0 Å². The van der Waals surface area contributed by atoms with Crippen molar-refractivity contribution in [3.8, 4) is 0 Å². The Morgan fingerprint density at radius 1 is 1.24 bits per heavy atom. The van der Waals surface area contributed by atoms with E-state index in [1.807, 2.05) is 34.9 Å². The Bertz CT molecular complexity index is 969. The molecule has 1 N–H and O–H groups in total. The number of nitrogens with one attached hydrogen (secondary N) is 1. The number of aromatic nitrogens is 1. The zero-order chi connectivity index (χ0) is 20.5. The molecule has 1 aromatic heterocycles. The van der Waals surface area contributed by atoms with Crippen LogP contribution in [0.15, 0.2) is 41.2 Å². The molecule has 2 aliphatic heterocycles. The number of nitrogens with zero attached hydrogens (tertiary/aromatic N) is 2. The zero-order valence-corrected chi connectivity index (χ0v) is 17.8. The summed E-state index contributed by atoms with van der Waals surface area (Å²) in [4.78, 5) is 28.4. The maximum atomic E-state index is 13.4. The Kier molecular flexibility index (Phi) is 5.79. The quantitative estimate of drug-likeness (QED) is 0.816. The Morgan fingerprint density at radius 3 is 2.79 bits per heavy atom. The van der Waals surface area contributed by atoms with Gasteiger partial charge in [0.25, 0.3) is 11.5 Å². The number of carbonyl (C=O) groups is 1. The molecule has 2 aliphatic rings. The van der Waals surface area contributed by atoms with E-state index >= 15 is 0 Å². The van der Waals surface area contributed by atoms with Crippen molar-refractivity contribution < 1.29 is 4.79 Å². The first-order valence-electron chi connectivity index (χ1n) is 10.4. The van der Waals surface area contributed by atoms with Crippen LogP contribution in [0.1, 0.15) is 47.8 Å². The van der Waals surface area contributed by atoms with Gasteiger partial charge in [0.15, 0.2) is 0 Å². The number of benzene rings is 1. The maximum absolute atomic E-state index is 13.4. The van der Waals surface area contributed by atoms with Crippen molar-refractivity contribution in [2.45, 2.75) is 39.3 Å². The standard InChI is InChI=1S/C23H28ClN3O2/c1-15(2)12-26(14-17-5-3-4-6-20(17)24)22(28)19-7-8-21-18-9-16(10-25-11-18)13-27(21)23(19)29/h3-8,15-16,18,25H,9-14H2,1-2H3/t16-,18+/m0/s1.